The highest BCUT2D eigenvalue weighted by molar-refractivity contribution is 5.64. The minimum Gasteiger partial charge on any atom is -0.492 e. The Hall–Kier alpha value is -2.79. The molecule has 3 heterocycles. The predicted molar refractivity (Wildman–Crippen MR) is 85.2 cm³/mol. The van der Waals surface area contributed by atoms with Gasteiger partial charge in [-0.2, -0.15) is 0 Å². The molecule has 0 radical (unpaired) electrons. The zero-order chi connectivity index (χ0) is 15.2. The van der Waals surface area contributed by atoms with E-state index in [-0.39, 0.29) is 0 Å². The second-order valence-corrected chi connectivity index (χ2v) is 4.64. The molecular formula is C17H16N4O. The van der Waals surface area contributed by atoms with Crippen LogP contribution in [0.3, 0.4) is 0 Å². The molecule has 2 N–H and O–H groups in total. The molecule has 0 aliphatic heterocycles. The maximum absolute atomic E-state index is 5.66. The predicted octanol–water partition coefficient (Wildman–Crippen LogP) is 2.54. The SMILES string of the molecule is NCCOc1cc(-c2ccccn2)nc(-c2ccccn2)c1. The third kappa shape index (κ3) is 3.27. The van der Waals surface area contributed by atoms with Gasteiger partial charge >= 0.3 is 0 Å². The van der Waals surface area contributed by atoms with E-state index in [4.69, 9.17) is 10.5 Å². The molecule has 0 aliphatic rings. The van der Waals surface area contributed by atoms with Gasteiger partial charge in [0.05, 0.1) is 22.8 Å². The van der Waals surface area contributed by atoms with Crippen LogP contribution in [0.15, 0.2) is 60.9 Å². The number of nitrogens with zero attached hydrogens (tertiary/aromatic N) is 3. The van der Waals surface area contributed by atoms with Crippen molar-refractivity contribution in [3.8, 4) is 28.5 Å². The van der Waals surface area contributed by atoms with Gasteiger partial charge in [0.1, 0.15) is 12.4 Å². The van der Waals surface area contributed by atoms with Gasteiger partial charge in [0, 0.05) is 31.1 Å². The molecule has 0 unspecified atom stereocenters. The fourth-order valence-electron chi connectivity index (χ4n) is 2.06. The second kappa shape index (κ2) is 6.78. The first-order valence-corrected chi connectivity index (χ1v) is 7.04. The van der Waals surface area contributed by atoms with E-state index in [0.29, 0.717) is 18.9 Å². The topological polar surface area (TPSA) is 73.9 Å². The molecule has 0 aromatic carbocycles. The van der Waals surface area contributed by atoms with Gasteiger partial charge in [0.25, 0.3) is 0 Å². The van der Waals surface area contributed by atoms with Crippen LogP contribution in [0, 0.1) is 0 Å². The lowest BCUT2D eigenvalue weighted by Crippen LogP contribution is -2.10. The highest BCUT2D eigenvalue weighted by Gasteiger charge is 2.09. The number of rotatable bonds is 5. The fourth-order valence-corrected chi connectivity index (χ4v) is 2.06. The lowest BCUT2D eigenvalue weighted by molar-refractivity contribution is 0.328. The van der Waals surface area contributed by atoms with Crippen molar-refractivity contribution in [2.75, 3.05) is 13.2 Å². The van der Waals surface area contributed by atoms with Crippen molar-refractivity contribution in [3.05, 3.63) is 60.9 Å². The molecule has 22 heavy (non-hydrogen) atoms. The summed E-state index contributed by atoms with van der Waals surface area (Å²) in [5.41, 5.74) is 8.58. The van der Waals surface area contributed by atoms with Crippen LogP contribution in [0.2, 0.25) is 0 Å². The zero-order valence-corrected chi connectivity index (χ0v) is 12.0. The molecule has 3 aromatic heterocycles. The van der Waals surface area contributed by atoms with Gasteiger partial charge in [-0.05, 0) is 24.3 Å². The number of nitrogens with two attached hydrogens (primary N) is 1. The van der Waals surface area contributed by atoms with E-state index in [1.54, 1.807) is 12.4 Å². The Balaban J connectivity index is 2.06. The first-order valence-electron chi connectivity index (χ1n) is 7.04. The monoisotopic (exact) mass is 292 g/mol. The van der Waals surface area contributed by atoms with Crippen molar-refractivity contribution in [3.63, 3.8) is 0 Å². The van der Waals surface area contributed by atoms with E-state index in [9.17, 15) is 0 Å². The molecule has 0 saturated heterocycles. The number of aromatic nitrogens is 3. The Kier molecular flexibility index (Phi) is 4.36. The summed E-state index contributed by atoms with van der Waals surface area (Å²) in [6.45, 7) is 0.910. The first-order chi connectivity index (χ1) is 10.9. The van der Waals surface area contributed by atoms with Crippen LogP contribution in [0.4, 0.5) is 0 Å². The Morgan fingerprint density at radius 2 is 1.41 bits per heavy atom. The molecule has 0 aliphatic carbocycles. The number of hydrogen-bond donors (Lipinski definition) is 1. The molecule has 0 amide bonds. The molecule has 0 spiro atoms. The summed E-state index contributed by atoms with van der Waals surface area (Å²) in [4.78, 5) is 13.3. The normalized spacial score (nSPS) is 10.4. The molecule has 0 atom stereocenters. The van der Waals surface area contributed by atoms with Crippen LogP contribution in [-0.4, -0.2) is 28.1 Å². The van der Waals surface area contributed by atoms with Crippen LogP contribution in [0.5, 0.6) is 5.75 Å². The maximum atomic E-state index is 5.66. The Labute approximate surface area is 128 Å². The lowest BCUT2D eigenvalue weighted by atomic mass is 10.2. The van der Waals surface area contributed by atoms with E-state index in [2.05, 4.69) is 15.0 Å². The highest BCUT2D eigenvalue weighted by atomic mass is 16.5. The molecular weight excluding hydrogens is 276 g/mol. The highest BCUT2D eigenvalue weighted by Crippen LogP contribution is 2.26. The van der Waals surface area contributed by atoms with Gasteiger partial charge in [-0.3, -0.25) is 9.97 Å². The second-order valence-electron chi connectivity index (χ2n) is 4.64. The quantitative estimate of drug-likeness (QED) is 0.782. The third-order valence-corrected chi connectivity index (χ3v) is 3.04. The average molecular weight is 292 g/mol. The van der Waals surface area contributed by atoms with Crippen LogP contribution in [-0.2, 0) is 0 Å². The van der Waals surface area contributed by atoms with Gasteiger partial charge in [-0.1, -0.05) is 12.1 Å². The number of pyridine rings is 3. The summed E-state index contributed by atoms with van der Waals surface area (Å²) in [7, 11) is 0. The number of hydrogen-bond acceptors (Lipinski definition) is 5. The lowest BCUT2D eigenvalue weighted by Gasteiger charge is -2.09. The van der Waals surface area contributed by atoms with Gasteiger partial charge in [-0.25, -0.2) is 4.98 Å². The summed E-state index contributed by atoms with van der Waals surface area (Å²) < 4.78 is 5.66. The van der Waals surface area contributed by atoms with Crippen LogP contribution < -0.4 is 10.5 Å². The minimum atomic E-state index is 0.452. The van der Waals surface area contributed by atoms with Crippen LogP contribution in [0.25, 0.3) is 22.8 Å². The summed E-state index contributed by atoms with van der Waals surface area (Å²) >= 11 is 0. The van der Waals surface area contributed by atoms with Gasteiger partial charge < -0.3 is 10.5 Å². The Bertz CT molecular complexity index is 674. The van der Waals surface area contributed by atoms with E-state index in [1.807, 2.05) is 48.5 Å². The molecule has 3 rings (SSSR count). The van der Waals surface area contributed by atoms with Crippen molar-refractivity contribution >= 4 is 0 Å². The molecule has 3 aromatic rings. The Morgan fingerprint density at radius 1 is 0.818 bits per heavy atom. The fraction of sp³-hybridized carbons (Fsp3) is 0.118. The molecule has 0 bridgehead atoms. The molecule has 5 nitrogen and oxygen atoms in total. The summed E-state index contributed by atoms with van der Waals surface area (Å²) in [5.74, 6) is 0.710. The van der Waals surface area contributed by atoms with E-state index in [1.165, 1.54) is 0 Å². The van der Waals surface area contributed by atoms with Crippen molar-refractivity contribution in [1.29, 1.82) is 0 Å². The maximum Gasteiger partial charge on any atom is 0.123 e. The van der Waals surface area contributed by atoms with Crippen LogP contribution >= 0.6 is 0 Å². The first kappa shape index (κ1) is 14.2. The van der Waals surface area contributed by atoms with Gasteiger partial charge in [0.2, 0.25) is 0 Å². The van der Waals surface area contributed by atoms with Crippen molar-refractivity contribution in [2.24, 2.45) is 5.73 Å². The van der Waals surface area contributed by atoms with Gasteiger partial charge in [0.15, 0.2) is 0 Å². The average Bonchev–Trinajstić information content (AvgIpc) is 2.61. The summed E-state index contributed by atoms with van der Waals surface area (Å²) in [5, 5.41) is 0. The van der Waals surface area contributed by atoms with Crippen molar-refractivity contribution < 1.29 is 4.74 Å². The smallest absolute Gasteiger partial charge is 0.123 e. The largest absolute Gasteiger partial charge is 0.492 e. The molecule has 5 heteroatoms. The van der Waals surface area contributed by atoms with E-state index < -0.39 is 0 Å². The van der Waals surface area contributed by atoms with E-state index >= 15 is 0 Å². The third-order valence-electron chi connectivity index (χ3n) is 3.04. The molecule has 0 saturated carbocycles. The minimum absolute atomic E-state index is 0.452. The Morgan fingerprint density at radius 3 is 1.86 bits per heavy atom. The summed E-state index contributed by atoms with van der Waals surface area (Å²) in [6, 6.07) is 15.2. The standard InChI is InChI=1S/C17H16N4O/c18-7-10-22-13-11-16(14-5-1-3-8-19-14)21-17(12-13)15-6-2-4-9-20-15/h1-6,8-9,11-12H,7,10,18H2. The van der Waals surface area contributed by atoms with Crippen molar-refractivity contribution in [1.82, 2.24) is 15.0 Å². The van der Waals surface area contributed by atoms with Crippen molar-refractivity contribution in [2.45, 2.75) is 0 Å². The molecule has 0 fully saturated rings. The van der Waals surface area contributed by atoms with Gasteiger partial charge in [-0.15, -0.1) is 0 Å². The zero-order valence-electron chi connectivity index (χ0n) is 12.0. The van der Waals surface area contributed by atoms with E-state index in [0.717, 1.165) is 22.8 Å². The van der Waals surface area contributed by atoms with Crippen LogP contribution in [0.1, 0.15) is 0 Å². The molecule has 110 valence electrons. The summed E-state index contributed by atoms with van der Waals surface area (Å²) in [6.07, 6.45) is 3.48. The number of ether oxygens (including phenoxy) is 1.